The van der Waals surface area contributed by atoms with Crippen molar-refractivity contribution >= 4 is 41.6 Å². The lowest BCUT2D eigenvalue weighted by Crippen LogP contribution is -2.53. The van der Waals surface area contributed by atoms with Crippen molar-refractivity contribution in [2.45, 2.75) is 84.6 Å². The Morgan fingerprint density at radius 3 is 2.23 bits per heavy atom. The SMILES string of the molecule is CC(C)C[C@H](NC(=O)[C@H](CCCCNC(=O)OCc1ccccc1Cl)NC(=O)CNC(=O)OC(C)(C)C)C(=O)O. The van der Waals surface area contributed by atoms with E-state index in [0.717, 1.165) is 0 Å². The number of carbonyl (C=O) groups excluding carboxylic acids is 4. The second kappa shape index (κ2) is 17.2. The lowest BCUT2D eigenvalue weighted by Gasteiger charge is -2.23. The molecule has 5 N–H and O–H groups in total. The quantitative estimate of drug-likeness (QED) is 0.195. The number of aliphatic carboxylic acids is 1. The van der Waals surface area contributed by atoms with Gasteiger partial charge in [0.25, 0.3) is 0 Å². The zero-order chi connectivity index (χ0) is 30.3. The summed E-state index contributed by atoms with van der Waals surface area (Å²) in [7, 11) is 0. The van der Waals surface area contributed by atoms with E-state index in [1.54, 1.807) is 45.0 Å². The fourth-order valence-corrected chi connectivity index (χ4v) is 3.61. The summed E-state index contributed by atoms with van der Waals surface area (Å²) in [5.41, 5.74) is -0.0810. The number of alkyl carbamates (subject to hydrolysis) is 2. The second-order valence-corrected chi connectivity index (χ2v) is 11.0. The van der Waals surface area contributed by atoms with Gasteiger partial charge in [-0.2, -0.15) is 0 Å². The van der Waals surface area contributed by atoms with Gasteiger partial charge in [-0.05, 0) is 58.4 Å². The van der Waals surface area contributed by atoms with Crippen LogP contribution in [0.4, 0.5) is 9.59 Å². The van der Waals surface area contributed by atoms with E-state index in [2.05, 4.69) is 21.3 Å². The molecule has 0 unspecified atom stereocenters. The molecule has 0 saturated carbocycles. The van der Waals surface area contributed by atoms with E-state index in [1.807, 2.05) is 13.8 Å². The third-order valence-electron chi connectivity index (χ3n) is 5.27. The third kappa shape index (κ3) is 15.2. The molecule has 0 spiro atoms. The van der Waals surface area contributed by atoms with Gasteiger partial charge in [-0.1, -0.05) is 43.6 Å². The normalized spacial score (nSPS) is 12.6. The fraction of sp³-hybridized carbons (Fsp3) is 0.593. The minimum Gasteiger partial charge on any atom is -0.480 e. The predicted octanol–water partition coefficient (Wildman–Crippen LogP) is 3.36. The van der Waals surface area contributed by atoms with Crippen molar-refractivity contribution < 1.29 is 38.6 Å². The van der Waals surface area contributed by atoms with E-state index in [0.29, 0.717) is 23.4 Å². The molecule has 1 aromatic rings. The van der Waals surface area contributed by atoms with Crippen LogP contribution in [0.15, 0.2) is 24.3 Å². The molecule has 0 radical (unpaired) electrons. The maximum atomic E-state index is 12.9. The average molecular weight is 585 g/mol. The Balaban J connectivity index is 2.63. The molecule has 0 saturated heterocycles. The van der Waals surface area contributed by atoms with Crippen LogP contribution in [0, 0.1) is 5.92 Å². The highest BCUT2D eigenvalue weighted by Crippen LogP contribution is 2.15. The number of hydrogen-bond acceptors (Lipinski definition) is 7. The Bertz CT molecular complexity index is 1010. The number of carboxylic acids is 1. The highest BCUT2D eigenvalue weighted by Gasteiger charge is 2.27. The molecule has 13 heteroatoms. The van der Waals surface area contributed by atoms with Gasteiger partial charge in [0.2, 0.25) is 11.8 Å². The number of nitrogens with one attached hydrogen (secondary N) is 4. The van der Waals surface area contributed by atoms with Crippen LogP contribution in [0.3, 0.4) is 0 Å². The first-order valence-electron chi connectivity index (χ1n) is 13.1. The summed E-state index contributed by atoms with van der Waals surface area (Å²) in [5.74, 6) is -2.48. The number of carboxylic acid groups (broad SMARTS) is 1. The zero-order valence-corrected chi connectivity index (χ0v) is 24.4. The molecule has 4 amide bonds. The van der Waals surface area contributed by atoms with Crippen LogP contribution in [0.25, 0.3) is 0 Å². The molecule has 40 heavy (non-hydrogen) atoms. The van der Waals surface area contributed by atoms with Crippen LogP contribution in [-0.4, -0.2) is 65.9 Å². The molecular weight excluding hydrogens is 544 g/mol. The molecule has 1 rings (SSSR count). The van der Waals surface area contributed by atoms with E-state index in [-0.39, 0.29) is 31.9 Å². The Morgan fingerprint density at radius 1 is 0.950 bits per heavy atom. The van der Waals surface area contributed by atoms with Crippen molar-refractivity contribution in [3.05, 3.63) is 34.9 Å². The van der Waals surface area contributed by atoms with Gasteiger partial charge in [0.1, 0.15) is 30.8 Å². The maximum absolute atomic E-state index is 12.9. The Kier molecular flexibility index (Phi) is 14.8. The first kappa shape index (κ1) is 34.5. The van der Waals surface area contributed by atoms with Gasteiger partial charge >= 0.3 is 18.2 Å². The number of ether oxygens (including phenoxy) is 2. The van der Waals surface area contributed by atoms with E-state index in [9.17, 15) is 29.1 Å². The summed E-state index contributed by atoms with van der Waals surface area (Å²) >= 11 is 6.04. The minimum absolute atomic E-state index is 0.0104. The van der Waals surface area contributed by atoms with Crippen molar-refractivity contribution in [2.75, 3.05) is 13.1 Å². The first-order valence-corrected chi connectivity index (χ1v) is 13.5. The number of halogens is 1. The summed E-state index contributed by atoms with van der Waals surface area (Å²) in [5, 5.41) is 19.9. The summed E-state index contributed by atoms with van der Waals surface area (Å²) < 4.78 is 10.2. The van der Waals surface area contributed by atoms with E-state index in [4.69, 9.17) is 21.1 Å². The Labute approximate surface area is 239 Å². The number of hydrogen-bond donors (Lipinski definition) is 5. The molecule has 0 aliphatic rings. The molecule has 224 valence electrons. The standard InChI is InChI=1S/C27H41ClN4O8/c1-17(2)14-21(24(35)36)32-23(34)20(31-22(33)15-30-26(38)40-27(3,4)5)12-8-9-13-29-25(37)39-16-18-10-6-7-11-19(18)28/h6-7,10-11,17,20-21H,8-9,12-16H2,1-5H3,(H,29,37)(H,30,38)(H,31,33)(H,32,34)(H,35,36)/t20-,21-/m0/s1. The smallest absolute Gasteiger partial charge is 0.408 e. The lowest BCUT2D eigenvalue weighted by atomic mass is 10.0. The van der Waals surface area contributed by atoms with Crippen molar-refractivity contribution in [3.63, 3.8) is 0 Å². The largest absolute Gasteiger partial charge is 0.480 e. The van der Waals surface area contributed by atoms with E-state index in [1.165, 1.54) is 0 Å². The van der Waals surface area contributed by atoms with Crippen molar-refractivity contribution in [1.82, 2.24) is 21.3 Å². The number of benzene rings is 1. The highest BCUT2D eigenvalue weighted by molar-refractivity contribution is 6.31. The number of rotatable bonds is 15. The minimum atomic E-state index is -1.18. The van der Waals surface area contributed by atoms with Crippen LogP contribution in [0.5, 0.6) is 0 Å². The average Bonchev–Trinajstić information content (AvgIpc) is 2.84. The van der Waals surface area contributed by atoms with Crippen LogP contribution < -0.4 is 21.3 Å². The number of unbranched alkanes of at least 4 members (excludes halogenated alkanes) is 1. The van der Waals surface area contributed by atoms with Crippen LogP contribution in [0.2, 0.25) is 5.02 Å². The lowest BCUT2D eigenvalue weighted by molar-refractivity contribution is -0.142. The summed E-state index contributed by atoms with van der Waals surface area (Å²) in [4.78, 5) is 60.8. The molecule has 1 aromatic carbocycles. The van der Waals surface area contributed by atoms with Gasteiger partial charge in [-0.25, -0.2) is 14.4 Å². The van der Waals surface area contributed by atoms with Crippen LogP contribution >= 0.6 is 11.6 Å². The van der Waals surface area contributed by atoms with Crippen molar-refractivity contribution in [1.29, 1.82) is 0 Å². The molecule has 0 aliphatic heterocycles. The zero-order valence-electron chi connectivity index (χ0n) is 23.7. The molecule has 0 fully saturated rings. The van der Waals surface area contributed by atoms with Gasteiger partial charge in [0, 0.05) is 17.1 Å². The maximum Gasteiger partial charge on any atom is 0.408 e. The molecule has 0 aromatic heterocycles. The molecule has 2 atom stereocenters. The van der Waals surface area contributed by atoms with Gasteiger partial charge < -0.3 is 35.8 Å². The molecule has 0 aliphatic carbocycles. The van der Waals surface area contributed by atoms with Crippen LogP contribution in [0.1, 0.15) is 65.9 Å². The molecule has 0 bridgehead atoms. The Hall–Kier alpha value is -3.54. The van der Waals surface area contributed by atoms with E-state index >= 15 is 0 Å². The van der Waals surface area contributed by atoms with Crippen LogP contribution in [-0.2, 0) is 30.5 Å². The monoisotopic (exact) mass is 584 g/mol. The van der Waals surface area contributed by atoms with Gasteiger partial charge in [-0.3, -0.25) is 9.59 Å². The third-order valence-corrected chi connectivity index (χ3v) is 5.64. The number of amides is 4. The second-order valence-electron chi connectivity index (χ2n) is 10.6. The molecular formula is C27H41ClN4O8. The topological polar surface area (TPSA) is 172 Å². The summed E-state index contributed by atoms with van der Waals surface area (Å²) in [6, 6.07) is 4.80. The summed E-state index contributed by atoms with van der Waals surface area (Å²) in [6.07, 6.45) is -0.195. The Morgan fingerprint density at radius 2 is 1.62 bits per heavy atom. The van der Waals surface area contributed by atoms with Crippen molar-refractivity contribution in [2.24, 2.45) is 5.92 Å². The van der Waals surface area contributed by atoms with Gasteiger partial charge in [0.05, 0.1) is 0 Å². The fourth-order valence-electron chi connectivity index (χ4n) is 3.42. The van der Waals surface area contributed by atoms with Gasteiger partial charge in [-0.15, -0.1) is 0 Å². The molecule has 12 nitrogen and oxygen atoms in total. The predicted molar refractivity (Wildman–Crippen MR) is 149 cm³/mol. The highest BCUT2D eigenvalue weighted by atomic mass is 35.5. The first-order chi connectivity index (χ1) is 18.7. The summed E-state index contributed by atoms with van der Waals surface area (Å²) in [6.45, 7) is 8.51. The van der Waals surface area contributed by atoms with E-state index < -0.39 is 54.2 Å². The number of carbonyl (C=O) groups is 5. The van der Waals surface area contributed by atoms with Crippen molar-refractivity contribution in [3.8, 4) is 0 Å². The molecule has 0 heterocycles. The van der Waals surface area contributed by atoms with Gasteiger partial charge in [0.15, 0.2) is 0 Å².